The SMILES string of the molecule is Cc1ncoc1C(=O)Nc1ccc(C(C)N)cc1. The minimum absolute atomic E-state index is 0.0220. The van der Waals surface area contributed by atoms with E-state index in [0.717, 1.165) is 5.56 Å². The van der Waals surface area contributed by atoms with Crippen LogP contribution in [0.15, 0.2) is 35.1 Å². The summed E-state index contributed by atoms with van der Waals surface area (Å²) in [5.41, 5.74) is 8.03. The standard InChI is InChI=1S/C13H15N3O2/c1-8(14)10-3-5-11(6-4-10)16-13(17)12-9(2)15-7-18-12/h3-8H,14H2,1-2H3,(H,16,17). The van der Waals surface area contributed by atoms with Crippen LogP contribution in [0.1, 0.15) is 34.8 Å². The first-order valence-electron chi connectivity index (χ1n) is 5.65. The lowest BCUT2D eigenvalue weighted by Crippen LogP contribution is -2.12. The number of hydrogen-bond donors (Lipinski definition) is 2. The molecule has 0 bridgehead atoms. The summed E-state index contributed by atoms with van der Waals surface area (Å²) in [4.78, 5) is 15.7. The molecule has 94 valence electrons. The molecule has 0 aliphatic heterocycles. The van der Waals surface area contributed by atoms with Gasteiger partial charge in [-0.15, -0.1) is 0 Å². The van der Waals surface area contributed by atoms with Crippen molar-refractivity contribution in [3.63, 3.8) is 0 Å². The number of aromatic nitrogens is 1. The van der Waals surface area contributed by atoms with E-state index in [9.17, 15) is 4.79 Å². The quantitative estimate of drug-likeness (QED) is 0.869. The lowest BCUT2D eigenvalue weighted by Gasteiger charge is -2.07. The van der Waals surface area contributed by atoms with Crippen molar-refractivity contribution < 1.29 is 9.21 Å². The van der Waals surface area contributed by atoms with Crippen molar-refractivity contribution >= 4 is 11.6 Å². The van der Waals surface area contributed by atoms with Crippen LogP contribution in [0.25, 0.3) is 0 Å². The number of nitrogens with one attached hydrogen (secondary N) is 1. The first kappa shape index (κ1) is 12.3. The molecular weight excluding hydrogens is 230 g/mol. The molecule has 0 saturated heterocycles. The largest absolute Gasteiger partial charge is 0.438 e. The van der Waals surface area contributed by atoms with Gasteiger partial charge in [-0.2, -0.15) is 0 Å². The van der Waals surface area contributed by atoms with Crippen molar-refractivity contribution in [2.75, 3.05) is 5.32 Å². The van der Waals surface area contributed by atoms with Crippen LogP contribution in [0.2, 0.25) is 0 Å². The second kappa shape index (κ2) is 5.01. The van der Waals surface area contributed by atoms with Crippen LogP contribution in [-0.4, -0.2) is 10.9 Å². The molecule has 0 fully saturated rings. The van der Waals surface area contributed by atoms with Crippen LogP contribution < -0.4 is 11.1 Å². The first-order valence-corrected chi connectivity index (χ1v) is 5.65. The summed E-state index contributed by atoms with van der Waals surface area (Å²) in [6, 6.07) is 7.36. The molecule has 1 atom stereocenters. The van der Waals surface area contributed by atoms with Crippen molar-refractivity contribution in [3.05, 3.63) is 47.7 Å². The second-order valence-electron chi connectivity index (χ2n) is 4.13. The highest BCUT2D eigenvalue weighted by molar-refractivity contribution is 6.02. The van der Waals surface area contributed by atoms with E-state index in [-0.39, 0.29) is 17.7 Å². The summed E-state index contributed by atoms with van der Waals surface area (Å²) in [5, 5.41) is 2.74. The maximum atomic E-state index is 11.8. The minimum Gasteiger partial charge on any atom is -0.438 e. The third kappa shape index (κ3) is 2.57. The molecule has 0 spiro atoms. The first-order chi connectivity index (χ1) is 8.58. The van der Waals surface area contributed by atoms with E-state index < -0.39 is 0 Å². The molecule has 0 radical (unpaired) electrons. The highest BCUT2D eigenvalue weighted by Crippen LogP contribution is 2.15. The third-order valence-electron chi connectivity index (χ3n) is 2.65. The van der Waals surface area contributed by atoms with Gasteiger partial charge in [0.15, 0.2) is 6.39 Å². The van der Waals surface area contributed by atoms with Gasteiger partial charge in [0.1, 0.15) is 0 Å². The van der Waals surface area contributed by atoms with Gasteiger partial charge >= 0.3 is 0 Å². The molecule has 18 heavy (non-hydrogen) atoms. The summed E-state index contributed by atoms with van der Waals surface area (Å²) in [7, 11) is 0. The Morgan fingerprint density at radius 3 is 2.56 bits per heavy atom. The fourth-order valence-corrected chi connectivity index (χ4v) is 1.58. The molecule has 0 saturated carbocycles. The Labute approximate surface area is 105 Å². The zero-order valence-electron chi connectivity index (χ0n) is 10.3. The smallest absolute Gasteiger partial charge is 0.293 e. The van der Waals surface area contributed by atoms with E-state index in [1.54, 1.807) is 6.92 Å². The fourth-order valence-electron chi connectivity index (χ4n) is 1.58. The number of carbonyl (C=O) groups excluding carboxylic acids is 1. The van der Waals surface area contributed by atoms with Crippen molar-refractivity contribution in [2.45, 2.75) is 19.9 Å². The number of aryl methyl sites for hydroxylation is 1. The number of carbonyl (C=O) groups is 1. The van der Waals surface area contributed by atoms with Crippen molar-refractivity contribution in [3.8, 4) is 0 Å². The molecule has 2 aromatic rings. The van der Waals surface area contributed by atoms with Gasteiger partial charge in [-0.05, 0) is 31.5 Å². The Morgan fingerprint density at radius 2 is 2.06 bits per heavy atom. The summed E-state index contributed by atoms with van der Waals surface area (Å²) in [5.74, 6) is -0.0789. The Kier molecular flexibility index (Phi) is 3.43. The molecule has 1 unspecified atom stereocenters. The topological polar surface area (TPSA) is 81.2 Å². The highest BCUT2D eigenvalue weighted by Gasteiger charge is 2.13. The van der Waals surface area contributed by atoms with Crippen LogP contribution in [0, 0.1) is 6.92 Å². The van der Waals surface area contributed by atoms with Crippen molar-refractivity contribution in [2.24, 2.45) is 5.73 Å². The Balaban J connectivity index is 2.10. The number of oxazole rings is 1. The predicted octanol–water partition coefficient (Wildman–Crippen LogP) is 2.26. The van der Waals surface area contributed by atoms with Gasteiger partial charge < -0.3 is 15.5 Å². The van der Waals surface area contributed by atoms with E-state index in [1.165, 1.54) is 6.39 Å². The molecule has 5 heteroatoms. The maximum Gasteiger partial charge on any atom is 0.293 e. The van der Waals surface area contributed by atoms with Crippen LogP contribution in [0.3, 0.4) is 0 Å². The number of hydrogen-bond acceptors (Lipinski definition) is 4. The highest BCUT2D eigenvalue weighted by atomic mass is 16.3. The zero-order valence-corrected chi connectivity index (χ0v) is 10.3. The van der Waals surface area contributed by atoms with Gasteiger partial charge in [-0.1, -0.05) is 12.1 Å². The average molecular weight is 245 g/mol. The van der Waals surface area contributed by atoms with Gasteiger partial charge in [0.25, 0.3) is 5.91 Å². The number of benzene rings is 1. The Hall–Kier alpha value is -2.14. The summed E-state index contributed by atoms with van der Waals surface area (Å²) in [6.07, 6.45) is 1.25. The van der Waals surface area contributed by atoms with Crippen molar-refractivity contribution in [1.82, 2.24) is 4.98 Å². The average Bonchev–Trinajstić information content (AvgIpc) is 2.76. The minimum atomic E-state index is -0.307. The molecule has 1 heterocycles. The molecule has 1 aromatic heterocycles. The number of rotatable bonds is 3. The van der Waals surface area contributed by atoms with E-state index in [1.807, 2.05) is 31.2 Å². The van der Waals surface area contributed by atoms with Crippen molar-refractivity contribution in [1.29, 1.82) is 0 Å². The maximum absolute atomic E-state index is 11.8. The monoisotopic (exact) mass is 245 g/mol. The third-order valence-corrected chi connectivity index (χ3v) is 2.65. The van der Waals surface area contributed by atoms with Gasteiger partial charge in [0, 0.05) is 11.7 Å². The Morgan fingerprint density at radius 1 is 1.39 bits per heavy atom. The molecule has 2 rings (SSSR count). The number of nitrogens with zero attached hydrogens (tertiary/aromatic N) is 1. The van der Waals surface area contributed by atoms with E-state index in [0.29, 0.717) is 11.4 Å². The van der Waals surface area contributed by atoms with Crippen LogP contribution >= 0.6 is 0 Å². The number of anilines is 1. The predicted molar refractivity (Wildman–Crippen MR) is 68.2 cm³/mol. The van der Waals surface area contributed by atoms with E-state index in [4.69, 9.17) is 10.2 Å². The van der Waals surface area contributed by atoms with Crippen LogP contribution in [0.5, 0.6) is 0 Å². The van der Waals surface area contributed by atoms with Crippen LogP contribution in [0.4, 0.5) is 5.69 Å². The lowest BCUT2D eigenvalue weighted by atomic mass is 10.1. The fraction of sp³-hybridized carbons (Fsp3) is 0.231. The molecule has 0 aliphatic carbocycles. The zero-order chi connectivity index (χ0) is 13.1. The molecule has 5 nitrogen and oxygen atoms in total. The second-order valence-corrected chi connectivity index (χ2v) is 4.13. The number of nitrogens with two attached hydrogens (primary N) is 1. The lowest BCUT2D eigenvalue weighted by molar-refractivity contribution is 0.0996. The van der Waals surface area contributed by atoms with Gasteiger partial charge in [0.2, 0.25) is 5.76 Å². The number of amides is 1. The molecular formula is C13H15N3O2. The molecule has 1 amide bonds. The van der Waals surface area contributed by atoms with Gasteiger partial charge in [-0.3, -0.25) is 4.79 Å². The van der Waals surface area contributed by atoms with E-state index >= 15 is 0 Å². The molecule has 0 aliphatic rings. The normalized spacial score (nSPS) is 12.2. The summed E-state index contributed by atoms with van der Waals surface area (Å²) < 4.78 is 5.02. The molecule has 3 N–H and O–H groups in total. The summed E-state index contributed by atoms with van der Waals surface area (Å²) >= 11 is 0. The van der Waals surface area contributed by atoms with Gasteiger partial charge in [0.05, 0.1) is 5.69 Å². The molecule has 1 aromatic carbocycles. The summed E-state index contributed by atoms with van der Waals surface area (Å²) in [6.45, 7) is 3.63. The van der Waals surface area contributed by atoms with E-state index in [2.05, 4.69) is 10.3 Å². The Bertz CT molecular complexity index is 544. The van der Waals surface area contributed by atoms with Gasteiger partial charge in [-0.25, -0.2) is 4.98 Å². The van der Waals surface area contributed by atoms with Crippen LogP contribution in [-0.2, 0) is 0 Å².